The highest BCUT2D eigenvalue weighted by molar-refractivity contribution is 5.96. The van der Waals surface area contributed by atoms with Crippen LogP contribution >= 0.6 is 0 Å². The Morgan fingerprint density at radius 1 is 1.40 bits per heavy atom. The fraction of sp³-hybridized carbons (Fsp3) is 0.647. The number of hydrogen-bond donors (Lipinski definition) is 2. The molecule has 2 N–H and O–H groups in total. The van der Waals surface area contributed by atoms with Gasteiger partial charge in [-0.25, -0.2) is 4.98 Å². The lowest BCUT2D eigenvalue weighted by Crippen LogP contribution is -2.51. The van der Waals surface area contributed by atoms with E-state index in [0.717, 1.165) is 32.1 Å². The van der Waals surface area contributed by atoms with Crippen molar-refractivity contribution in [2.24, 2.45) is 5.92 Å². The maximum Gasteiger partial charge on any atom is 0.310 e. The van der Waals surface area contributed by atoms with Crippen LogP contribution in [0.1, 0.15) is 55.9 Å². The van der Waals surface area contributed by atoms with E-state index in [9.17, 15) is 14.4 Å². The number of hydrogen-bond acceptors (Lipinski definition) is 6. The third kappa shape index (κ3) is 5.04. The Labute approximate surface area is 146 Å². The summed E-state index contributed by atoms with van der Waals surface area (Å²) < 4.78 is 9.60. The van der Waals surface area contributed by atoms with Crippen LogP contribution in [0.25, 0.3) is 0 Å². The predicted octanol–water partition coefficient (Wildman–Crippen LogP) is 1.42. The number of carbonyl (C=O) groups is 3. The molecular formula is C17H25N3O5. The van der Waals surface area contributed by atoms with Crippen LogP contribution in [0.15, 0.2) is 17.1 Å². The number of nitrogens with zero attached hydrogens (tertiary/aromatic N) is 1. The first-order valence-corrected chi connectivity index (χ1v) is 8.64. The Balaban J connectivity index is 1.99. The van der Waals surface area contributed by atoms with Crippen LogP contribution in [0.4, 0.5) is 0 Å². The molecule has 8 heteroatoms. The number of esters is 1. The zero-order valence-electron chi connectivity index (χ0n) is 14.6. The summed E-state index contributed by atoms with van der Waals surface area (Å²) in [4.78, 5) is 40.4. The molecule has 8 nitrogen and oxygen atoms in total. The second kappa shape index (κ2) is 9.19. The van der Waals surface area contributed by atoms with E-state index >= 15 is 0 Å². The summed E-state index contributed by atoms with van der Waals surface area (Å²) in [6.07, 6.45) is 6.88. The Bertz CT molecular complexity index is 587. The van der Waals surface area contributed by atoms with Gasteiger partial charge in [-0.1, -0.05) is 26.2 Å². The van der Waals surface area contributed by atoms with Crippen LogP contribution in [-0.4, -0.2) is 42.0 Å². The Morgan fingerprint density at radius 3 is 2.84 bits per heavy atom. The van der Waals surface area contributed by atoms with Crippen LogP contribution in [0.3, 0.4) is 0 Å². The highest BCUT2D eigenvalue weighted by Gasteiger charge is 2.36. The highest BCUT2D eigenvalue weighted by atomic mass is 16.5. The topological polar surface area (TPSA) is 111 Å². The van der Waals surface area contributed by atoms with Crippen LogP contribution in [0.2, 0.25) is 0 Å². The SMILES string of the molecule is CCCC[C@H](NC(=O)c1cocn1)C(=O)N[C@H]1CCC[C@H]1C(=O)OC. The van der Waals surface area contributed by atoms with Crippen molar-refractivity contribution in [3.05, 3.63) is 18.4 Å². The van der Waals surface area contributed by atoms with Gasteiger partial charge in [-0.3, -0.25) is 14.4 Å². The van der Waals surface area contributed by atoms with Crippen molar-refractivity contribution in [1.29, 1.82) is 0 Å². The zero-order chi connectivity index (χ0) is 18.2. The number of nitrogens with one attached hydrogen (secondary N) is 2. The number of ether oxygens (including phenoxy) is 1. The molecule has 0 bridgehead atoms. The van der Waals surface area contributed by atoms with Gasteiger partial charge in [0.05, 0.1) is 13.0 Å². The standard InChI is InChI=1S/C17H25N3O5/c1-3-4-7-13(20-16(22)14-9-25-10-18-14)15(21)19-12-8-5-6-11(12)17(23)24-2/h9-13H,3-8H2,1-2H3,(H,19,21)(H,20,22)/t11-,12+,13+/m1/s1. The number of oxazole rings is 1. The molecule has 1 saturated carbocycles. The van der Waals surface area contributed by atoms with Gasteiger partial charge in [0.15, 0.2) is 12.1 Å². The van der Waals surface area contributed by atoms with Gasteiger partial charge in [-0.2, -0.15) is 0 Å². The molecule has 25 heavy (non-hydrogen) atoms. The van der Waals surface area contributed by atoms with Crippen molar-refractivity contribution in [3.8, 4) is 0 Å². The van der Waals surface area contributed by atoms with Crippen molar-refractivity contribution < 1.29 is 23.5 Å². The van der Waals surface area contributed by atoms with Crippen molar-refractivity contribution in [1.82, 2.24) is 15.6 Å². The van der Waals surface area contributed by atoms with Crippen molar-refractivity contribution in [2.45, 2.75) is 57.5 Å². The monoisotopic (exact) mass is 351 g/mol. The second-order valence-corrected chi connectivity index (χ2v) is 6.22. The molecule has 0 unspecified atom stereocenters. The number of carbonyl (C=O) groups excluding carboxylic acids is 3. The average molecular weight is 351 g/mol. The van der Waals surface area contributed by atoms with Gasteiger partial charge < -0.3 is 19.8 Å². The average Bonchev–Trinajstić information content (AvgIpc) is 3.29. The summed E-state index contributed by atoms with van der Waals surface area (Å²) in [6, 6.07) is -0.934. The van der Waals surface area contributed by atoms with Crippen LogP contribution in [-0.2, 0) is 14.3 Å². The van der Waals surface area contributed by atoms with E-state index in [2.05, 4.69) is 15.6 Å². The quantitative estimate of drug-likeness (QED) is 0.685. The minimum Gasteiger partial charge on any atom is -0.469 e. The fourth-order valence-corrected chi connectivity index (χ4v) is 3.08. The largest absolute Gasteiger partial charge is 0.469 e. The summed E-state index contributed by atoms with van der Waals surface area (Å²) in [5.41, 5.74) is 0.127. The molecule has 1 heterocycles. The molecule has 1 fully saturated rings. The van der Waals surface area contributed by atoms with Gasteiger partial charge in [0.2, 0.25) is 5.91 Å². The molecule has 0 saturated heterocycles. The van der Waals surface area contributed by atoms with Gasteiger partial charge in [0.1, 0.15) is 12.3 Å². The third-order valence-corrected chi connectivity index (χ3v) is 4.48. The minimum absolute atomic E-state index is 0.127. The van der Waals surface area contributed by atoms with Crippen LogP contribution in [0, 0.1) is 5.92 Å². The van der Waals surface area contributed by atoms with Gasteiger partial charge in [0.25, 0.3) is 5.91 Å². The Morgan fingerprint density at radius 2 is 2.20 bits per heavy atom. The van der Waals surface area contributed by atoms with E-state index < -0.39 is 11.9 Å². The molecule has 1 aromatic heterocycles. The number of unbranched alkanes of at least 4 members (excludes halogenated alkanes) is 1. The number of methoxy groups -OCH3 is 1. The molecule has 0 spiro atoms. The van der Waals surface area contributed by atoms with Gasteiger partial charge in [-0.05, 0) is 19.3 Å². The van der Waals surface area contributed by atoms with E-state index in [4.69, 9.17) is 9.15 Å². The zero-order valence-corrected chi connectivity index (χ0v) is 14.6. The molecule has 0 aromatic carbocycles. The minimum atomic E-state index is -0.678. The smallest absolute Gasteiger partial charge is 0.310 e. The van der Waals surface area contributed by atoms with E-state index in [1.165, 1.54) is 13.4 Å². The van der Waals surface area contributed by atoms with Gasteiger partial charge >= 0.3 is 5.97 Å². The van der Waals surface area contributed by atoms with Crippen LogP contribution in [0.5, 0.6) is 0 Å². The molecule has 1 aliphatic carbocycles. The maximum absolute atomic E-state index is 12.6. The molecule has 1 aromatic rings. The first-order valence-electron chi connectivity index (χ1n) is 8.64. The van der Waals surface area contributed by atoms with Crippen molar-refractivity contribution in [2.75, 3.05) is 7.11 Å². The highest BCUT2D eigenvalue weighted by Crippen LogP contribution is 2.26. The summed E-state index contributed by atoms with van der Waals surface area (Å²) >= 11 is 0. The number of aromatic nitrogens is 1. The van der Waals surface area contributed by atoms with E-state index in [-0.39, 0.29) is 29.5 Å². The lowest BCUT2D eigenvalue weighted by molar-refractivity contribution is -0.146. The maximum atomic E-state index is 12.6. The molecule has 3 atom stereocenters. The van der Waals surface area contributed by atoms with Gasteiger partial charge in [-0.15, -0.1) is 0 Å². The lowest BCUT2D eigenvalue weighted by Gasteiger charge is -2.23. The predicted molar refractivity (Wildman–Crippen MR) is 88.6 cm³/mol. The fourth-order valence-electron chi connectivity index (χ4n) is 3.08. The van der Waals surface area contributed by atoms with E-state index in [0.29, 0.717) is 12.8 Å². The molecule has 2 rings (SSSR count). The molecular weight excluding hydrogens is 326 g/mol. The Kier molecular flexibility index (Phi) is 6.97. The summed E-state index contributed by atoms with van der Waals surface area (Å²) in [6.45, 7) is 2.01. The molecule has 0 radical (unpaired) electrons. The Hall–Kier alpha value is -2.38. The number of amides is 2. The second-order valence-electron chi connectivity index (χ2n) is 6.22. The van der Waals surface area contributed by atoms with Crippen LogP contribution < -0.4 is 10.6 Å². The van der Waals surface area contributed by atoms with Gasteiger partial charge in [0, 0.05) is 6.04 Å². The van der Waals surface area contributed by atoms with E-state index in [1.807, 2.05) is 6.92 Å². The first-order chi connectivity index (χ1) is 12.1. The molecule has 0 aliphatic heterocycles. The number of rotatable bonds is 8. The van der Waals surface area contributed by atoms with Crippen molar-refractivity contribution >= 4 is 17.8 Å². The summed E-state index contributed by atoms with van der Waals surface area (Å²) in [5.74, 6) is -1.38. The molecule has 2 amide bonds. The molecule has 1 aliphatic rings. The third-order valence-electron chi connectivity index (χ3n) is 4.48. The van der Waals surface area contributed by atoms with Crippen molar-refractivity contribution in [3.63, 3.8) is 0 Å². The van der Waals surface area contributed by atoms with E-state index in [1.54, 1.807) is 0 Å². The first kappa shape index (κ1) is 19.0. The summed E-state index contributed by atoms with van der Waals surface area (Å²) in [5, 5.41) is 5.60. The normalized spacial score (nSPS) is 20.7. The lowest BCUT2D eigenvalue weighted by atomic mass is 10.0. The molecule has 138 valence electrons. The summed E-state index contributed by atoms with van der Waals surface area (Å²) in [7, 11) is 1.35.